The van der Waals surface area contributed by atoms with Crippen LogP contribution in [0.1, 0.15) is 0 Å². The topological polar surface area (TPSA) is 82.5 Å². The van der Waals surface area contributed by atoms with E-state index in [0.29, 0.717) is 38.2 Å². The number of hydrogen-bond acceptors (Lipinski definition) is 7. The Labute approximate surface area is 214 Å². The molecule has 1 aliphatic heterocycles. The van der Waals surface area contributed by atoms with E-state index in [1.807, 2.05) is 66.0 Å². The highest BCUT2D eigenvalue weighted by Crippen LogP contribution is 2.35. The minimum atomic E-state index is -0.219. The standard InChI is InChI=1S/C27H19N3O4S2/c31-23(28-18-11-12-21-22(13-18)34-16-33-21)15-36-27-29-25-24(20(14-35-25)17-7-3-1-4-8-17)26(32)30(27)19-9-5-2-6-10-19/h1-14H,15-16H2,(H,28,31). The molecule has 7 nitrogen and oxygen atoms in total. The molecule has 0 bridgehead atoms. The maximum Gasteiger partial charge on any atom is 0.268 e. The largest absolute Gasteiger partial charge is 0.454 e. The van der Waals surface area contributed by atoms with Crippen LogP contribution in [0.4, 0.5) is 5.69 Å². The number of nitrogens with one attached hydrogen (secondary N) is 1. The van der Waals surface area contributed by atoms with Crippen LogP contribution in [0.2, 0.25) is 0 Å². The van der Waals surface area contributed by atoms with Gasteiger partial charge in [0.25, 0.3) is 5.56 Å². The molecule has 0 atom stereocenters. The van der Waals surface area contributed by atoms with Gasteiger partial charge in [0.1, 0.15) is 4.83 Å². The van der Waals surface area contributed by atoms with Crippen LogP contribution in [-0.4, -0.2) is 28.0 Å². The smallest absolute Gasteiger partial charge is 0.268 e. The Morgan fingerprint density at radius 1 is 1.00 bits per heavy atom. The number of rotatable bonds is 6. The van der Waals surface area contributed by atoms with Crippen LogP contribution >= 0.6 is 23.1 Å². The number of carbonyl (C=O) groups excluding carboxylic acids is 1. The molecule has 178 valence electrons. The van der Waals surface area contributed by atoms with Gasteiger partial charge in [0.05, 0.1) is 16.8 Å². The lowest BCUT2D eigenvalue weighted by Gasteiger charge is -2.13. The summed E-state index contributed by atoms with van der Waals surface area (Å²) in [5.74, 6) is 1.11. The lowest BCUT2D eigenvalue weighted by atomic mass is 10.1. The maximum atomic E-state index is 13.8. The van der Waals surface area contributed by atoms with Crippen LogP contribution in [0.15, 0.2) is 94.2 Å². The lowest BCUT2D eigenvalue weighted by molar-refractivity contribution is -0.113. The molecule has 6 rings (SSSR count). The Balaban J connectivity index is 1.34. The third-order valence-electron chi connectivity index (χ3n) is 5.66. The summed E-state index contributed by atoms with van der Waals surface area (Å²) in [6, 6.07) is 24.4. The van der Waals surface area contributed by atoms with E-state index in [1.54, 1.807) is 22.8 Å². The lowest BCUT2D eigenvalue weighted by Crippen LogP contribution is -2.22. The first kappa shape index (κ1) is 22.4. The predicted octanol–water partition coefficient (Wildman–Crippen LogP) is 5.57. The Morgan fingerprint density at radius 2 is 1.75 bits per heavy atom. The number of para-hydroxylation sites is 1. The summed E-state index contributed by atoms with van der Waals surface area (Å²) in [7, 11) is 0. The molecule has 0 unspecified atom stereocenters. The van der Waals surface area contributed by atoms with Gasteiger partial charge >= 0.3 is 0 Å². The molecule has 0 fully saturated rings. The summed E-state index contributed by atoms with van der Waals surface area (Å²) in [5, 5.41) is 5.87. The Kier molecular flexibility index (Phi) is 5.92. The highest BCUT2D eigenvalue weighted by atomic mass is 32.2. The fourth-order valence-corrected chi connectivity index (χ4v) is 5.81. The van der Waals surface area contributed by atoms with Crippen molar-refractivity contribution >= 4 is 44.9 Å². The van der Waals surface area contributed by atoms with Crippen LogP contribution in [0.25, 0.3) is 27.0 Å². The molecule has 1 amide bonds. The van der Waals surface area contributed by atoms with E-state index in [0.717, 1.165) is 11.1 Å². The van der Waals surface area contributed by atoms with Crippen LogP contribution in [-0.2, 0) is 4.79 Å². The van der Waals surface area contributed by atoms with Crippen molar-refractivity contribution < 1.29 is 14.3 Å². The fraction of sp³-hybridized carbons (Fsp3) is 0.0741. The summed E-state index contributed by atoms with van der Waals surface area (Å²) in [5.41, 5.74) is 2.96. The number of thioether (sulfide) groups is 1. The molecule has 0 aliphatic carbocycles. The number of amides is 1. The van der Waals surface area contributed by atoms with Crippen LogP contribution in [0, 0.1) is 0 Å². The van der Waals surface area contributed by atoms with Crippen molar-refractivity contribution in [2.45, 2.75) is 5.16 Å². The molecule has 0 saturated carbocycles. The molecule has 3 heterocycles. The first-order chi connectivity index (χ1) is 17.7. The highest BCUT2D eigenvalue weighted by Gasteiger charge is 2.20. The Morgan fingerprint density at radius 3 is 2.56 bits per heavy atom. The van der Waals surface area contributed by atoms with E-state index in [1.165, 1.54) is 23.1 Å². The summed E-state index contributed by atoms with van der Waals surface area (Å²) in [6.07, 6.45) is 0. The number of nitrogens with zero attached hydrogens (tertiary/aromatic N) is 2. The van der Waals surface area contributed by atoms with Crippen molar-refractivity contribution in [3.63, 3.8) is 0 Å². The average Bonchev–Trinajstić information content (AvgIpc) is 3.55. The van der Waals surface area contributed by atoms with E-state index in [2.05, 4.69) is 5.32 Å². The zero-order valence-corrected chi connectivity index (χ0v) is 20.5. The van der Waals surface area contributed by atoms with Gasteiger partial charge in [-0.2, -0.15) is 0 Å². The SMILES string of the molecule is O=C(CSc1nc2scc(-c3ccccc3)c2c(=O)n1-c1ccccc1)Nc1ccc2c(c1)OCO2. The number of aromatic nitrogens is 2. The fourth-order valence-electron chi connectivity index (χ4n) is 4.01. The van der Waals surface area contributed by atoms with Crippen LogP contribution in [0.5, 0.6) is 11.5 Å². The minimum Gasteiger partial charge on any atom is -0.454 e. The van der Waals surface area contributed by atoms with Gasteiger partial charge in [-0.15, -0.1) is 11.3 Å². The van der Waals surface area contributed by atoms with Crippen molar-refractivity contribution in [2.24, 2.45) is 0 Å². The van der Waals surface area contributed by atoms with E-state index in [9.17, 15) is 9.59 Å². The molecule has 0 spiro atoms. The summed E-state index contributed by atoms with van der Waals surface area (Å²) < 4.78 is 12.3. The average molecular weight is 514 g/mol. The number of benzene rings is 3. The molecule has 0 saturated heterocycles. The summed E-state index contributed by atoms with van der Waals surface area (Å²) in [4.78, 5) is 32.0. The molecule has 36 heavy (non-hydrogen) atoms. The molecular formula is C27H19N3O4S2. The van der Waals surface area contributed by atoms with Gasteiger partial charge in [0.15, 0.2) is 16.7 Å². The number of hydrogen-bond donors (Lipinski definition) is 1. The summed E-state index contributed by atoms with van der Waals surface area (Å²) in [6.45, 7) is 0.169. The Hall–Kier alpha value is -4.08. The van der Waals surface area contributed by atoms with Crippen molar-refractivity contribution in [1.82, 2.24) is 9.55 Å². The summed E-state index contributed by atoms with van der Waals surface area (Å²) >= 11 is 2.64. The number of fused-ring (bicyclic) bond motifs is 2. The van der Waals surface area contributed by atoms with E-state index < -0.39 is 0 Å². The van der Waals surface area contributed by atoms with Crippen LogP contribution in [0.3, 0.4) is 0 Å². The quantitative estimate of drug-likeness (QED) is 0.236. The molecule has 1 aliphatic rings. The Bertz CT molecular complexity index is 1630. The van der Waals surface area contributed by atoms with E-state index in [-0.39, 0.29) is 24.0 Å². The number of anilines is 1. The molecular weight excluding hydrogens is 494 g/mol. The number of carbonyl (C=O) groups is 1. The van der Waals surface area contributed by atoms with Crippen molar-refractivity contribution in [1.29, 1.82) is 0 Å². The van der Waals surface area contributed by atoms with Gasteiger partial charge in [0.2, 0.25) is 12.7 Å². The van der Waals surface area contributed by atoms with Crippen molar-refractivity contribution in [3.05, 3.63) is 94.6 Å². The highest BCUT2D eigenvalue weighted by molar-refractivity contribution is 7.99. The molecule has 9 heteroatoms. The second-order valence-corrected chi connectivity index (χ2v) is 9.77. The van der Waals surface area contributed by atoms with E-state index in [4.69, 9.17) is 14.5 Å². The minimum absolute atomic E-state index is 0.0795. The van der Waals surface area contributed by atoms with Crippen molar-refractivity contribution in [2.75, 3.05) is 17.9 Å². The zero-order chi connectivity index (χ0) is 24.5. The first-order valence-corrected chi connectivity index (χ1v) is 13.0. The monoisotopic (exact) mass is 513 g/mol. The van der Waals surface area contributed by atoms with Crippen molar-refractivity contribution in [3.8, 4) is 28.3 Å². The molecule has 0 radical (unpaired) electrons. The third-order valence-corrected chi connectivity index (χ3v) is 7.48. The molecule has 2 aromatic heterocycles. The molecule has 3 aromatic carbocycles. The van der Waals surface area contributed by atoms with Gasteiger partial charge in [-0.3, -0.25) is 14.2 Å². The zero-order valence-electron chi connectivity index (χ0n) is 18.8. The van der Waals surface area contributed by atoms with E-state index >= 15 is 0 Å². The normalized spacial score (nSPS) is 12.1. The first-order valence-electron chi connectivity index (χ1n) is 11.1. The second kappa shape index (κ2) is 9.52. The molecule has 5 aromatic rings. The predicted molar refractivity (Wildman–Crippen MR) is 143 cm³/mol. The van der Waals surface area contributed by atoms with Gasteiger partial charge in [0, 0.05) is 22.7 Å². The van der Waals surface area contributed by atoms with Gasteiger partial charge in [-0.1, -0.05) is 60.3 Å². The number of ether oxygens (including phenoxy) is 2. The second-order valence-electron chi connectivity index (χ2n) is 7.97. The van der Waals surface area contributed by atoms with Crippen LogP contribution < -0.4 is 20.3 Å². The third kappa shape index (κ3) is 4.23. The van der Waals surface area contributed by atoms with Gasteiger partial charge < -0.3 is 14.8 Å². The maximum absolute atomic E-state index is 13.8. The van der Waals surface area contributed by atoms with Gasteiger partial charge in [-0.25, -0.2) is 4.98 Å². The van der Waals surface area contributed by atoms with Gasteiger partial charge in [-0.05, 0) is 29.8 Å². The number of thiophene rings is 1. The molecule has 1 N–H and O–H groups in total.